The van der Waals surface area contributed by atoms with Crippen molar-refractivity contribution in [3.63, 3.8) is 0 Å². The van der Waals surface area contributed by atoms with Crippen LogP contribution in [0.3, 0.4) is 0 Å². The van der Waals surface area contributed by atoms with E-state index in [0.717, 1.165) is 0 Å². The molecule has 0 aromatic rings. The first-order valence-electron chi connectivity index (χ1n) is 0.154. The molecule has 0 saturated heterocycles. The van der Waals surface area contributed by atoms with Crippen molar-refractivity contribution in [3.05, 3.63) is 0 Å². The molecule has 0 aliphatic carbocycles. The predicted molar refractivity (Wildman–Crippen MR) is 15.0 cm³/mol. The fourth-order valence-electron chi connectivity index (χ4n) is 0. The Bertz CT molecular complexity index is 9.61. The van der Waals surface area contributed by atoms with Crippen molar-refractivity contribution in [1.29, 1.82) is 0 Å². The monoisotopic (exact) mass is 145 g/mol. The van der Waals surface area contributed by atoms with Crippen LogP contribution in [0.4, 0.5) is 0 Å². The van der Waals surface area contributed by atoms with E-state index in [9.17, 15) is 0 Å². The predicted octanol–water partition coefficient (Wildman–Crippen LogP) is -1.42. The van der Waals surface area contributed by atoms with E-state index in [1.54, 1.807) is 15.9 Å². The zero-order valence-corrected chi connectivity index (χ0v) is 3.27. The van der Waals surface area contributed by atoms with Gasteiger partial charge in [-0.05, 0) is 0 Å². The molecule has 0 aliphatic rings. The van der Waals surface area contributed by atoms with Gasteiger partial charge in [-0.3, -0.25) is 0 Å². The van der Waals surface area contributed by atoms with Crippen molar-refractivity contribution in [2.24, 2.45) is 0 Å². The molecule has 1 nitrogen and oxygen atoms in total. The van der Waals surface area contributed by atoms with E-state index in [2.05, 4.69) is 0 Å². The van der Waals surface area contributed by atoms with Gasteiger partial charge in [-0.1, -0.05) is 0 Å². The van der Waals surface area contributed by atoms with Crippen LogP contribution in [0.5, 0.6) is 0 Å². The molecule has 0 saturated carbocycles. The third-order valence-corrected chi connectivity index (χ3v) is 0. The fourth-order valence-corrected chi connectivity index (χ4v) is 0. The molecule has 0 fully saturated rings. The molecule has 0 amide bonds. The average Bonchev–Trinajstić information content (AvgIpc) is 1.00. The van der Waals surface area contributed by atoms with Crippen LogP contribution in [0.2, 0.25) is 0 Å². The van der Waals surface area contributed by atoms with E-state index in [0.29, 0.717) is 0 Å². The minimum absolute atomic E-state index is 0. The molecule has 5 heavy (non-hydrogen) atoms. The van der Waals surface area contributed by atoms with Crippen LogP contribution in [0.25, 0.3) is 0 Å². The molecular weight excluding hydrogens is 144 g/mol. The molecule has 0 bridgehead atoms. The van der Waals surface area contributed by atoms with Gasteiger partial charge in [0.05, 0.1) is 0 Å². The summed E-state index contributed by atoms with van der Waals surface area (Å²) in [6, 6.07) is 0. The van der Waals surface area contributed by atoms with Gasteiger partial charge in [-0.15, -0.1) is 0 Å². The second-order valence-electron chi connectivity index (χ2n) is 0. The third kappa shape index (κ3) is 23.9. The van der Waals surface area contributed by atoms with E-state index < -0.39 is 0 Å². The molecule has 0 N–H and O–H groups in total. The van der Waals surface area contributed by atoms with Crippen molar-refractivity contribution < 1.29 is 36.3 Å². The van der Waals surface area contributed by atoms with Crippen LogP contribution in [0.1, 0.15) is 0 Å². The number of rotatable bonds is 0. The SMILES string of the molecule is [LiH].[LiH].[Ni].[O]=[Mn]. The first kappa shape index (κ1) is 28.0. The van der Waals surface area contributed by atoms with Gasteiger partial charge in [0.15, 0.2) is 0 Å². The van der Waals surface area contributed by atoms with Crippen molar-refractivity contribution >= 4 is 37.7 Å². The van der Waals surface area contributed by atoms with Crippen LogP contribution in [0.15, 0.2) is 0 Å². The first-order valence-corrected chi connectivity index (χ1v) is 0.636. The Labute approximate surface area is 73.3 Å². The summed E-state index contributed by atoms with van der Waals surface area (Å²) in [6.07, 6.45) is 0. The van der Waals surface area contributed by atoms with Gasteiger partial charge in [0, 0.05) is 16.5 Å². The minimum atomic E-state index is 0. The van der Waals surface area contributed by atoms with Gasteiger partial charge in [0.2, 0.25) is 0 Å². The zero-order chi connectivity index (χ0) is 2.00. The molecule has 0 aromatic heterocycles. The van der Waals surface area contributed by atoms with Gasteiger partial charge in [-0.25, -0.2) is 0 Å². The molecule has 0 unspecified atom stereocenters. The first-order chi connectivity index (χ1) is 1.00. The molecule has 0 radical (unpaired) electrons. The van der Waals surface area contributed by atoms with Crippen LogP contribution in [-0.4, -0.2) is 37.7 Å². The van der Waals surface area contributed by atoms with Gasteiger partial charge >= 0.3 is 57.5 Å². The van der Waals surface area contributed by atoms with Crippen LogP contribution in [-0.2, 0) is 36.3 Å². The van der Waals surface area contributed by atoms with Gasteiger partial charge in [-0.2, -0.15) is 0 Å². The zero-order valence-electron chi connectivity index (χ0n) is 1.10. The molecule has 27 valence electrons. The topological polar surface area (TPSA) is 17.1 Å². The summed E-state index contributed by atoms with van der Waals surface area (Å²) in [5, 5.41) is 0. The molecule has 0 rings (SSSR count). The summed E-state index contributed by atoms with van der Waals surface area (Å²) in [7, 11) is 0. The Kier molecular flexibility index (Phi) is 209. The second kappa shape index (κ2) is 37.4. The second-order valence-corrected chi connectivity index (χ2v) is 0. The summed E-state index contributed by atoms with van der Waals surface area (Å²) in [5.41, 5.74) is 0. The summed E-state index contributed by atoms with van der Waals surface area (Å²) in [4.78, 5) is 0. The molecule has 0 spiro atoms. The van der Waals surface area contributed by atoms with E-state index in [1.807, 2.05) is 0 Å². The van der Waals surface area contributed by atoms with Crippen molar-refractivity contribution in [3.8, 4) is 0 Å². The Morgan fingerprint density at radius 3 is 1.00 bits per heavy atom. The van der Waals surface area contributed by atoms with E-state index in [-0.39, 0.29) is 54.2 Å². The molecule has 0 atom stereocenters. The third-order valence-electron chi connectivity index (χ3n) is 0. The van der Waals surface area contributed by atoms with Gasteiger partial charge < -0.3 is 0 Å². The molecule has 0 aliphatic heterocycles. The fraction of sp³-hybridized carbons (Fsp3) is 0. The van der Waals surface area contributed by atoms with E-state index >= 15 is 0 Å². The molecular formula is H2Li2MnNiO. The molecule has 0 heterocycles. The quantitative estimate of drug-likeness (QED) is 0.383. The summed E-state index contributed by atoms with van der Waals surface area (Å²) in [6.45, 7) is 0. The van der Waals surface area contributed by atoms with E-state index in [4.69, 9.17) is 3.83 Å². The maximum absolute atomic E-state index is 8.06. The van der Waals surface area contributed by atoms with E-state index in [1.165, 1.54) is 0 Å². The number of hydrogen-bond acceptors (Lipinski definition) is 1. The van der Waals surface area contributed by atoms with Gasteiger partial charge in [0.25, 0.3) is 0 Å². The van der Waals surface area contributed by atoms with Crippen LogP contribution < -0.4 is 0 Å². The Hall–Kier alpha value is 2.01. The Morgan fingerprint density at radius 1 is 1.00 bits per heavy atom. The van der Waals surface area contributed by atoms with Crippen LogP contribution in [0, 0.1) is 0 Å². The van der Waals surface area contributed by atoms with Crippen LogP contribution >= 0.6 is 0 Å². The Morgan fingerprint density at radius 2 is 1.00 bits per heavy atom. The summed E-state index contributed by atoms with van der Waals surface area (Å²) >= 11 is 1.69. The maximum atomic E-state index is 8.06. The van der Waals surface area contributed by atoms with Gasteiger partial charge in [0.1, 0.15) is 0 Å². The van der Waals surface area contributed by atoms with Crippen molar-refractivity contribution in [2.45, 2.75) is 0 Å². The normalized spacial score (nSPS) is 0.800. The van der Waals surface area contributed by atoms with Crippen molar-refractivity contribution in [1.82, 2.24) is 0 Å². The number of hydrogen-bond donors (Lipinski definition) is 0. The summed E-state index contributed by atoms with van der Waals surface area (Å²) in [5.74, 6) is 0. The summed E-state index contributed by atoms with van der Waals surface area (Å²) < 4.78 is 8.06. The molecule has 5 heteroatoms. The standard InChI is InChI=1S/2Li.Mn.Ni.O.2H. The molecule has 0 aromatic carbocycles. The average molecular weight is 146 g/mol. The Balaban J connectivity index is -0.00000000167. The van der Waals surface area contributed by atoms with Crippen molar-refractivity contribution in [2.75, 3.05) is 0 Å².